The summed E-state index contributed by atoms with van der Waals surface area (Å²) in [5.41, 5.74) is 3.94. The van der Waals surface area contributed by atoms with Crippen molar-refractivity contribution in [3.63, 3.8) is 0 Å². The molecule has 0 saturated heterocycles. The van der Waals surface area contributed by atoms with Gasteiger partial charge in [-0.25, -0.2) is 15.0 Å². The van der Waals surface area contributed by atoms with Crippen LogP contribution < -0.4 is 0 Å². The van der Waals surface area contributed by atoms with Crippen molar-refractivity contribution in [3.8, 4) is 34.2 Å². The molecule has 3 heterocycles. The summed E-state index contributed by atoms with van der Waals surface area (Å²) < 4.78 is 2.41. The van der Waals surface area contributed by atoms with Crippen molar-refractivity contribution in [2.24, 2.45) is 0 Å². The van der Waals surface area contributed by atoms with Crippen molar-refractivity contribution in [2.45, 2.75) is 0 Å². The Bertz CT molecular complexity index is 2860. The summed E-state index contributed by atoms with van der Waals surface area (Å²) in [6, 6.07) is 49.1. The Balaban J connectivity index is 1.25. The molecular weight excluding hydrogens is 593 g/mol. The predicted octanol–water partition coefficient (Wildman–Crippen LogP) is 11.2. The molecule has 218 valence electrons. The van der Waals surface area contributed by atoms with Gasteiger partial charge in [-0.05, 0) is 62.0 Å². The monoisotopic (exact) mass is 616 g/mol. The SMILES string of the molecule is c1ccc(-c2nc(-c3ccc4ccc5c6ncccc6sc5c4c3)nc(-c3cc4ccc5ccccc5c4c4ccccc34)n2)cc1. The van der Waals surface area contributed by atoms with Crippen molar-refractivity contribution in [2.75, 3.05) is 0 Å². The highest BCUT2D eigenvalue weighted by atomic mass is 32.1. The molecule has 0 atom stereocenters. The first-order valence-corrected chi connectivity index (χ1v) is 16.5. The summed E-state index contributed by atoms with van der Waals surface area (Å²) in [5, 5.41) is 10.7. The molecule has 47 heavy (non-hydrogen) atoms. The molecule has 0 N–H and O–H groups in total. The van der Waals surface area contributed by atoms with Gasteiger partial charge in [-0.1, -0.05) is 115 Å². The average Bonchev–Trinajstić information content (AvgIpc) is 3.53. The Kier molecular flexibility index (Phi) is 5.71. The van der Waals surface area contributed by atoms with Crippen LogP contribution in [0.3, 0.4) is 0 Å². The van der Waals surface area contributed by atoms with Crippen LogP contribution in [0.2, 0.25) is 0 Å². The molecule has 0 unspecified atom stereocenters. The standard InChI is InChI=1S/C42H24N4S/c1-2-10-27(11-3-1)40-44-41(29-19-17-26-20-21-33-38-36(15-8-22-43-38)47-39(33)34(26)24-29)46-42(45-40)35-23-28-18-16-25-9-4-5-12-30(25)37(28)32-14-7-6-13-31(32)35/h1-24H. The number of hydrogen-bond donors (Lipinski definition) is 0. The Morgan fingerprint density at radius 2 is 1.11 bits per heavy atom. The number of benzene rings is 7. The van der Waals surface area contributed by atoms with Crippen LogP contribution in [0.1, 0.15) is 0 Å². The number of nitrogens with zero attached hydrogens (tertiary/aromatic N) is 4. The van der Waals surface area contributed by atoms with Gasteiger partial charge in [0, 0.05) is 38.4 Å². The third kappa shape index (κ3) is 4.14. The largest absolute Gasteiger partial charge is 0.255 e. The molecule has 0 aliphatic rings. The molecule has 10 rings (SSSR count). The molecule has 0 bridgehead atoms. The lowest BCUT2D eigenvalue weighted by atomic mass is 9.93. The molecule has 3 aromatic heterocycles. The molecular formula is C42H24N4S. The topological polar surface area (TPSA) is 51.6 Å². The Hall–Kier alpha value is -6.04. The predicted molar refractivity (Wildman–Crippen MR) is 197 cm³/mol. The Morgan fingerprint density at radius 3 is 2.00 bits per heavy atom. The number of aromatic nitrogens is 4. The smallest absolute Gasteiger partial charge is 0.164 e. The lowest BCUT2D eigenvalue weighted by Gasteiger charge is -2.14. The zero-order valence-electron chi connectivity index (χ0n) is 25.1. The van der Waals surface area contributed by atoms with Crippen molar-refractivity contribution >= 4 is 74.7 Å². The second kappa shape index (κ2) is 10.2. The van der Waals surface area contributed by atoms with E-state index in [0.717, 1.165) is 33.0 Å². The summed E-state index contributed by atoms with van der Waals surface area (Å²) in [6.07, 6.45) is 1.87. The first-order chi connectivity index (χ1) is 23.3. The second-order valence-corrected chi connectivity index (χ2v) is 12.9. The second-order valence-electron chi connectivity index (χ2n) is 11.9. The van der Waals surface area contributed by atoms with Gasteiger partial charge in [0.15, 0.2) is 17.5 Å². The number of thiophene rings is 1. The Labute approximate surface area is 273 Å². The van der Waals surface area contributed by atoms with E-state index in [2.05, 4.69) is 120 Å². The van der Waals surface area contributed by atoms with Gasteiger partial charge in [0.05, 0.1) is 10.2 Å². The first-order valence-electron chi connectivity index (χ1n) is 15.6. The fraction of sp³-hybridized carbons (Fsp3) is 0. The van der Waals surface area contributed by atoms with E-state index < -0.39 is 0 Å². The summed E-state index contributed by atoms with van der Waals surface area (Å²) in [6.45, 7) is 0. The van der Waals surface area contributed by atoms with E-state index in [1.54, 1.807) is 11.3 Å². The molecule has 0 radical (unpaired) electrons. The zero-order valence-corrected chi connectivity index (χ0v) is 25.9. The Morgan fingerprint density at radius 1 is 0.426 bits per heavy atom. The van der Waals surface area contributed by atoms with E-state index in [-0.39, 0.29) is 0 Å². The number of hydrogen-bond acceptors (Lipinski definition) is 5. The van der Waals surface area contributed by atoms with Gasteiger partial charge in [-0.15, -0.1) is 11.3 Å². The van der Waals surface area contributed by atoms with Gasteiger partial charge in [0.2, 0.25) is 0 Å². The summed E-state index contributed by atoms with van der Waals surface area (Å²) >= 11 is 1.78. The normalized spacial score (nSPS) is 11.8. The first kappa shape index (κ1) is 26.2. The molecule has 0 saturated carbocycles. The highest BCUT2D eigenvalue weighted by molar-refractivity contribution is 7.26. The van der Waals surface area contributed by atoms with E-state index in [1.165, 1.54) is 47.1 Å². The molecule has 0 aliphatic heterocycles. The summed E-state index contributed by atoms with van der Waals surface area (Å²) in [4.78, 5) is 20.1. The molecule has 0 fully saturated rings. The molecule has 0 aliphatic carbocycles. The van der Waals surface area contributed by atoms with E-state index in [9.17, 15) is 0 Å². The van der Waals surface area contributed by atoms with E-state index in [0.29, 0.717) is 17.5 Å². The average molecular weight is 617 g/mol. The van der Waals surface area contributed by atoms with Crippen LogP contribution in [0.4, 0.5) is 0 Å². The van der Waals surface area contributed by atoms with Gasteiger partial charge in [-0.3, -0.25) is 4.98 Å². The lowest BCUT2D eigenvalue weighted by Crippen LogP contribution is -2.01. The summed E-state index contributed by atoms with van der Waals surface area (Å²) in [7, 11) is 0. The number of rotatable bonds is 3. The highest BCUT2D eigenvalue weighted by Gasteiger charge is 2.18. The van der Waals surface area contributed by atoms with Crippen LogP contribution in [0.5, 0.6) is 0 Å². The molecule has 10 aromatic rings. The minimum Gasteiger partial charge on any atom is -0.255 e. The fourth-order valence-electron chi connectivity index (χ4n) is 6.92. The van der Waals surface area contributed by atoms with Crippen LogP contribution in [0.15, 0.2) is 146 Å². The maximum Gasteiger partial charge on any atom is 0.164 e. The molecule has 0 amide bonds. The van der Waals surface area contributed by atoms with Crippen LogP contribution in [0.25, 0.3) is 97.6 Å². The molecule has 5 heteroatoms. The van der Waals surface area contributed by atoms with Crippen LogP contribution in [0, 0.1) is 0 Å². The van der Waals surface area contributed by atoms with Crippen molar-refractivity contribution in [3.05, 3.63) is 146 Å². The quantitative estimate of drug-likeness (QED) is 0.185. The maximum atomic E-state index is 5.22. The van der Waals surface area contributed by atoms with Crippen LogP contribution >= 0.6 is 11.3 Å². The molecule has 4 nitrogen and oxygen atoms in total. The zero-order chi connectivity index (χ0) is 30.9. The molecule has 7 aromatic carbocycles. The fourth-order valence-corrected chi connectivity index (χ4v) is 8.11. The minimum atomic E-state index is 0.648. The number of pyridine rings is 1. The van der Waals surface area contributed by atoms with Gasteiger partial charge in [0.1, 0.15) is 0 Å². The maximum absolute atomic E-state index is 5.22. The van der Waals surface area contributed by atoms with Crippen LogP contribution in [-0.2, 0) is 0 Å². The lowest BCUT2D eigenvalue weighted by molar-refractivity contribution is 1.08. The van der Waals surface area contributed by atoms with Gasteiger partial charge in [-0.2, -0.15) is 0 Å². The summed E-state index contributed by atoms with van der Waals surface area (Å²) in [5.74, 6) is 1.96. The minimum absolute atomic E-state index is 0.648. The highest BCUT2D eigenvalue weighted by Crippen LogP contribution is 2.40. The van der Waals surface area contributed by atoms with E-state index in [4.69, 9.17) is 15.0 Å². The van der Waals surface area contributed by atoms with Crippen molar-refractivity contribution in [1.82, 2.24) is 19.9 Å². The van der Waals surface area contributed by atoms with Crippen LogP contribution in [-0.4, -0.2) is 19.9 Å². The molecule has 0 spiro atoms. The van der Waals surface area contributed by atoms with Crippen molar-refractivity contribution in [1.29, 1.82) is 0 Å². The van der Waals surface area contributed by atoms with E-state index >= 15 is 0 Å². The van der Waals surface area contributed by atoms with Gasteiger partial charge < -0.3 is 0 Å². The van der Waals surface area contributed by atoms with Crippen molar-refractivity contribution < 1.29 is 0 Å². The van der Waals surface area contributed by atoms with Gasteiger partial charge >= 0.3 is 0 Å². The van der Waals surface area contributed by atoms with E-state index in [1.807, 2.05) is 30.5 Å². The van der Waals surface area contributed by atoms with Gasteiger partial charge in [0.25, 0.3) is 0 Å². The number of fused-ring (bicyclic) bond motifs is 10. The third-order valence-corrected chi connectivity index (χ3v) is 10.3. The third-order valence-electron chi connectivity index (χ3n) is 9.12.